The Morgan fingerprint density at radius 2 is 1.75 bits per heavy atom. The van der Waals surface area contributed by atoms with Crippen molar-refractivity contribution in [2.24, 2.45) is 5.73 Å². The predicted octanol–water partition coefficient (Wildman–Crippen LogP) is 3.08. The van der Waals surface area contributed by atoms with E-state index in [1.807, 2.05) is 0 Å². The highest BCUT2D eigenvalue weighted by atomic mass is 16.1. The molecular weight excluding hydrogens is 248 g/mol. The van der Waals surface area contributed by atoms with E-state index in [-0.39, 0.29) is 5.56 Å². The lowest BCUT2D eigenvalue weighted by atomic mass is 9.93. The van der Waals surface area contributed by atoms with Crippen molar-refractivity contribution in [3.8, 4) is 0 Å². The first-order chi connectivity index (χ1) is 9.81. The van der Waals surface area contributed by atoms with Gasteiger partial charge < -0.3 is 10.3 Å². The van der Waals surface area contributed by atoms with Gasteiger partial charge >= 0.3 is 0 Å². The first-order valence-electron chi connectivity index (χ1n) is 8.27. The van der Waals surface area contributed by atoms with Gasteiger partial charge in [-0.3, -0.25) is 4.79 Å². The number of rotatable bonds is 2. The van der Waals surface area contributed by atoms with E-state index >= 15 is 0 Å². The van der Waals surface area contributed by atoms with E-state index in [1.165, 1.54) is 62.6 Å². The first-order valence-corrected chi connectivity index (χ1v) is 8.27. The highest BCUT2D eigenvalue weighted by Crippen LogP contribution is 2.30. The van der Waals surface area contributed by atoms with E-state index in [9.17, 15) is 4.79 Å². The summed E-state index contributed by atoms with van der Waals surface area (Å²) >= 11 is 0. The second-order valence-electron chi connectivity index (χ2n) is 6.37. The molecule has 2 aliphatic rings. The Morgan fingerprint density at radius 1 is 1.05 bits per heavy atom. The number of hydrogen-bond acceptors (Lipinski definition) is 2. The van der Waals surface area contributed by atoms with E-state index in [0.717, 1.165) is 18.4 Å². The molecule has 2 N–H and O–H groups in total. The van der Waals surface area contributed by atoms with Gasteiger partial charge in [-0.15, -0.1) is 0 Å². The van der Waals surface area contributed by atoms with Crippen LogP contribution in [0.3, 0.4) is 0 Å². The molecule has 0 bridgehead atoms. The third-order valence-corrected chi connectivity index (χ3v) is 5.02. The molecule has 0 aliphatic heterocycles. The summed E-state index contributed by atoms with van der Waals surface area (Å²) in [5, 5.41) is 0. The molecule has 0 saturated heterocycles. The predicted molar refractivity (Wildman–Crippen MR) is 82.0 cm³/mol. The summed E-state index contributed by atoms with van der Waals surface area (Å²) in [5.41, 5.74) is 9.54. The number of nitrogens with zero attached hydrogens (tertiary/aromatic N) is 1. The lowest BCUT2D eigenvalue weighted by molar-refractivity contribution is 0.337. The van der Waals surface area contributed by atoms with Gasteiger partial charge in [0.05, 0.1) is 0 Å². The maximum atomic E-state index is 12.8. The number of aryl methyl sites for hydroxylation is 1. The maximum absolute atomic E-state index is 12.8. The Morgan fingerprint density at radius 3 is 2.50 bits per heavy atom. The van der Waals surface area contributed by atoms with Crippen LogP contribution in [0.25, 0.3) is 0 Å². The summed E-state index contributed by atoms with van der Waals surface area (Å²) in [4.78, 5) is 12.8. The molecule has 1 aromatic heterocycles. The quantitative estimate of drug-likeness (QED) is 0.842. The fourth-order valence-corrected chi connectivity index (χ4v) is 3.94. The number of fused-ring (bicyclic) bond motifs is 1. The lowest BCUT2D eigenvalue weighted by Crippen LogP contribution is -2.33. The molecule has 0 radical (unpaired) electrons. The first kappa shape index (κ1) is 13.9. The SMILES string of the molecule is NCc1cc2c(n(C3CCCCC3)c1=O)CCCCC2. The number of aromatic nitrogens is 1. The van der Waals surface area contributed by atoms with Gasteiger partial charge in [0.1, 0.15) is 0 Å². The highest BCUT2D eigenvalue weighted by molar-refractivity contribution is 5.29. The van der Waals surface area contributed by atoms with E-state index in [0.29, 0.717) is 12.6 Å². The largest absolute Gasteiger partial charge is 0.326 e. The average Bonchev–Trinajstić information content (AvgIpc) is 2.72. The summed E-state index contributed by atoms with van der Waals surface area (Å²) in [6.45, 7) is 0.374. The molecule has 20 heavy (non-hydrogen) atoms. The van der Waals surface area contributed by atoms with Crippen LogP contribution in [0, 0.1) is 0 Å². The third kappa shape index (κ3) is 2.56. The van der Waals surface area contributed by atoms with Crippen molar-refractivity contribution in [1.82, 2.24) is 4.57 Å². The lowest BCUT2D eigenvalue weighted by Gasteiger charge is -2.28. The van der Waals surface area contributed by atoms with Crippen LogP contribution in [-0.4, -0.2) is 4.57 Å². The van der Waals surface area contributed by atoms with Gasteiger partial charge in [0.25, 0.3) is 5.56 Å². The molecule has 1 heterocycles. The van der Waals surface area contributed by atoms with Crippen LogP contribution >= 0.6 is 0 Å². The monoisotopic (exact) mass is 274 g/mol. The molecule has 0 aromatic carbocycles. The van der Waals surface area contributed by atoms with E-state index in [2.05, 4.69) is 10.6 Å². The second-order valence-corrected chi connectivity index (χ2v) is 6.37. The van der Waals surface area contributed by atoms with E-state index < -0.39 is 0 Å². The zero-order chi connectivity index (χ0) is 13.9. The topological polar surface area (TPSA) is 48.0 Å². The van der Waals surface area contributed by atoms with Gasteiger partial charge in [-0.25, -0.2) is 0 Å². The molecule has 0 amide bonds. The maximum Gasteiger partial charge on any atom is 0.255 e. The van der Waals surface area contributed by atoms with Crippen LogP contribution < -0.4 is 11.3 Å². The molecule has 0 spiro atoms. The van der Waals surface area contributed by atoms with Crippen molar-refractivity contribution >= 4 is 0 Å². The molecule has 0 atom stereocenters. The molecular formula is C17H26N2O. The van der Waals surface area contributed by atoms with Gasteiger partial charge in [0, 0.05) is 23.8 Å². The summed E-state index contributed by atoms with van der Waals surface area (Å²) in [6, 6.07) is 2.53. The smallest absolute Gasteiger partial charge is 0.255 e. The molecule has 1 aromatic rings. The minimum absolute atomic E-state index is 0.194. The minimum atomic E-state index is 0.194. The molecule has 2 aliphatic carbocycles. The fraction of sp³-hybridized carbons (Fsp3) is 0.706. The molecule has 0 unspecified atom stereocenters. The van der Waals surface area contributed by atoms with Crippen LogP contribution in [0.1, 0.15) is 74.2 Å². The van der Waals surface area contributed by atoms with Crippen LogP contribution in [0.15, 0.2) is 10.9 Å². The van der Waals surface area contributed by atoms with E-state index in [4.69, 9.17) is 5.73 Å². The zero-order valence-electron chi connectivity index (χ0n) is 12.4. The number of nitrogens with two attached hydrogens (primary N) is 1. The Labute approximate surface area is 121 Å². The van der Waals surface area contributed by atoms with Crippen molar-refractivity contribution in [3.05, 3.63) is 33.2 Å². The van der Waals surface area contributed by atoms with Gasteiger partial charge in [-0.2, -0.15) is 0 Å². The van der Waals surface area contributed by atoms with Crippen LogP contribution in [0.2, 0.25) is 0 Å². The summed E-state index contributed by atoms with van der Waals surface area (Å²) in [7, 11) is 0. The summed E-state index contributed by atoms with van der Waals surface area (Å²) < 4.78 is 2.15. The average molecular weight is 274 g/mol. The Bertz CT molecular complexity index is 527. The van der Waals surface area contributed by atoms with Crippen molar-refractivity contribution in [3.63, 3.8) is 0 Å². The normalized spacial score (nSPS) is 20.4. The second kappa shape index (κ2) is 6.13. The number of pyridine rings is 1. The van der Waals surface area contributed by atoms with Gasteiger partial charge in [-0.1, -0.05) is 25.7 Å². The van der Waals surface area contributed by atoms with Crippen molar-refractivity contribution in [1.29, 1.82) is 0 Å². The van der Waals surface area contributed by atoms with Gasteiger partial charge in [0.15, 0.2) is 0 Å². The molecule has 1 saturated carbocycles. The summed E-state index contributed by atoms with van der Waals surface area (Å²) in [6.07, 6.45) is 12.1. The Kier molecular flexibility index (Phi) is 4.25. The molecule has 3 nitrogen and oxygen atoms in total. The molecule has 3 rings (SSSR count). The molecule has 1 fully saturated rings. The van der Waals surface area contributed by atoms with Gasteiger partial charge in [0.2, 0.25) is 0 Å². The van der Waals surface area contributed by atoms with Crippen molar-refractivity contribution < 1.29 is 0 Å². The summed E-state index contributed by atoms with van der Waals surface area (Å²) in [5.74, 6) is 0. The van der Waals surface area contributed by atoms with Gasteiger partial charge in [-0.05, 0) is 50.2 Å². The molecule has 3 heteroatoms. The highest BCUT2D eigenvalue weighted by Gasteiger charge is 2.23. The third-order valence-electron chi connectivity index (χ3n) is 5.02. The minimum Gasteiger partial charge on any atom is -0.326 e. The standard InChI is InChI=1S/C17H26N2O/c18-12-14-11-13-7-3-1-6-10-16(13)19(17(14)20)15-8-4-2-5-9-15/h11,15H,1-10,12,18H2. The Hall–Kier alpha value is -1.09. The number of hydrogen-bond donors (Lipinski definition) is 1. The van der Waals surface area contributed by atoms with Crippen LogP contribution in [-0.2, 0) is 19.4 Å². The fourth-order valence-electron chi connectivity index (χ4n) is 3.94. The molecule has 110 valence electrons. The van der Waals surface area contributed by atoms with Crippen LogP contribution in [0.4, 0.5) is 0 Å². The van der Waals surface area contributed by atoms with E-state index in [1.54, 1.807) is 0 Å². The Balaban J connectivity index is 2.11. The van der Waals surface area contributed by atoms with Crippen molar-refractivity contribution in [2.75, 3.05) is 0 Å². The van der Waals surface area contributed by atoms with Crippen LogP contribution in [0.5, 0.6) is 0 Å². The van der Waals surface area contributed by atoms with Crippen molar-refractivity contribution in [2.45, 2.75) is 76.8 Å². The zero-order valence-corrected chi connectivity index (χ0v) is 12.4.